The molecule has 34 heavy (non-hydrogen) atoms. The maximum absolute atomic E-state index is 14.7. The van der Waals surface area contributed by atoms with Gasteiger partial charge in [0.15, 0.2) is 5.04 Å². The number of carbonyl (C=O) groups excluding carboxylic acids is 1. The first kappa shape index (κ1) is 23.2. The molecule has 3 N–H and O–H groups in total. The molecule has 3 unspecified atom stereocenters. The van der Waals surface area contributed by atoms with Gasteiger partial charge in [-0.15, -0.1) is 0 Å². The summed E-state index contributed by atoms with van der Waals surface area (Å²) in [5.41, 5.74) is 9.61. The fraction of sp³-hybridized carbons (Fsp3) is 0.480. The second-order valence-corrected chi connectivity index (χ2v) is 10.4. The van der Waals surface area contributed by atoms with E-state index in [0.29, 0.717) is 18.5 Å². The number of allylic oxidation sites excluding steroid dienone is 1. The molecule has 3 atom stereocenters. The zero-order valence-corrected chi connectivity index (χ0v) is 19.7. The number of aliphatic imine (C=N–C) groups is 1. The Bertz CT molecular complexity index is 1170. The molecule has 1 amide bonds. The Morgan fingerprint density at radius 3 is 2.97 bits per heavy atom. The molecule has 0 radical (unpaired) electrons. The number of pyridine rings is 1. The molecule has 0 aromatic carbocycles. The Morgan fingerprint density at radius 1 is 1.26 bits per heavy atom. The first-order chi connectivity index (χ1) is 16.4. The number of aromatic nitrogens is 2. The van der Waals surface area contributed by atoms with Crippen LogP contribution in [-0.4, -0.2) is 43.8 Å². The third-order valence-corrected chi connectivity index (χ3v) is 7.99. The molecule has 1 aliphatic heterocycles. The van der Waals surface area contributed by atoms with Crippen molar-refractivity contribution in [1.82, 2.24) is 14.9 Å². The first-order valence-corrected chi connectivity index (χ1v) is 12.8. The van der Waals surface area contributed by atoms with E-state index in [0.717, 1.165) is 36.8 Å². The van der Waals surface area contributed by atoms with Gasteiger partial charge in [-0.2, -0.15) is 5.10 Å². The number of carbonyl (C=O) groups is 1. The fourth-order valence-electron chi connectivity index (χ4n) is 4.91. The molecule has 6 nitrogen and oxygen atoms in total. The van der Waals surface area contributed by atoms with Gasteiger partial charge in [-0.3, -0.25) is 4.79 Å². The number of nitrogens with zero attached hydrogens (tertiary/aromatic N) is 3. The van der Waals surface area contributed by atoms with Crippen molar-refractivity contribution < 1.29 is 13.6 Å². The van der Waals surface area contributed by atoms with E-state index in [1.165, 1.54) is 17.3 Å². The molecule has 3 heterocycles. The number of nitrogens with two attached hydrogens (primary N) is 1. The van der Waals surface area contributed by atoms with Gasteiger partial charge in [-0.05, 0) is 63.2 Å². The Hall–Kier alpha value is -2.52. The van der Waals surface area contributed by atoms with Crippen LogP contribution in [0.15, 0.2) is 53.3 Å². The molecule has 1 saturated carbocycles. The second-order valence-electron chi connectivity index (χ2n) is 9.30. The number of nitrogens with one attached hydrogen (secondary N) is 1. The Morgan fingerprint density at radius 2 is 2.15 bits per heavy atom. The summed E-state index contributed by atoms with van der Waals surface area (Å²) >= 11 is 1.34. The molecule has 2 aromatic rings. The summed E-state index contributed by atoms with van der Waals surface area (Å²) in [5, 5.41) is 7.13. The topological polar surface area (TPSA) is 84.8 Å². The van der Waals surface area contributed by atoms with E-state index in [2.05, 4.69) is 27.6 Å². The molecule has 180 valence electrons. The molecule has 5 rings (SSSR count). The van der Waals surface area contributed by atoms with Crippen LogP contribution in [0.5, 0.6) is 0 Å². The molecule has 0 bridgehead atoms. The standard InChI is InChI=1S/C25H29F2N5OS/c26-25(27)11-6-9-17(28)13-22(25)31-23(33)24-30-19(14-21(34-24)16-7-2-1-3-8-16)18-15-29-32-12-5-4-10-20(18)32/h4-5,7,10,12,14-15,17,21-22H,1-3,6,8-9,11,13,28H2,(H,31,33). The summed E-state index contributed by atoms with van der Waals surface area (Å²) in [7, 11) is 0. The van der Waals surface area contributed by atoms with Crippen molar-refractivity contribution in [3.05, 3.63) is 53.9 Å². The lowest BCUT2D eigenvalue weighted by molar-refractivity contribution is -0.119. The number of halogens is 2. The molecule has 2 aliphatic carbocycles. The quantitative estimate of drug-likeness (QED) is 0.485. The summed E-state index contributed by atoms with van der Waals surface area (Å²) in [5.74, 6) is -3.55. The van der Waals surface area contributed by atoms with Gasteiger partial charge in [0, 0.05) is 24.2 Å². The third-order valence-electron chi connectivity index (χ3n) is 6.80. The van der Waals surface area contributed by atoms with E-state index >= 15 is 0 Å². The van der Waals surface area contributed by atoms with Crippen LogP contribution >= 0.6 is 11.8 Å². The highest BCUT2D eigenvalue weighted by Crippen LogP contribution is 2.38. The van der Waals surface area contributed by atoms with Gasteiger partial charge in [0.2, 0.25) is 0 Å². The van der Waals surface area contributed by atoms with Gasteiger partial charge in [0.25, 0.3) is 11.8 Å². The molecule has 1 fully saturated rings. The largest absolute Gasteiger partial charge is 0.341 e. The summed E-state index contributed by atoms with van der Waals surface area (Å²) in [6, 6.07) is 4.12. The molecule has 3 aliphatic rings. The average molecular weight is 486 g/mol. The van der Waals surface area contributed by atoms with E-state index in [-0.39, 0.29) is 29.2 Å². The van der Waals surface area contributed by atoms with E-state index in [1.807, 2.05) is 24.4 Å². The van der Waals surface area contributed by atoms with Gasteiger partial charge in [0.1, 0.15) is 0 Å². The van der Waals surface area contributed by atoms with Crippen molar-refractivity contribution in [2.45, 2.75) is 74.6 Å². The minimum absolute atomic E-state index is 0.0576. The maximum Gasteiger partial charge on any atom is 0.276 e. The predicted octanol–water partition coefficient (Wildman–Crippen LogP) is 4.71. The lowest BCUT2D eigenvalue weighted by Gasteiger charge is -2.28. The first-order valence-electron chi connectivity index (χ1n) is 11.9. The summed E-state index contributed by atoms with van der Waals surface area (Å²) < 4.78 is 31.2. The van der Waals surface area contributed by atoms with Crippen LogP contribution in [0.1, 0.15) is 56.9 Å². The third kappa shape index (κ3) is 4.81. The van der Waals surface area contributed by atoms with Gasteiger partial charge >= 0.3 is 0 Å². The van der Waals surface area contributed by atoms with Crippen molar-refractivity contribution >= 4 is 33.9 Å². The summed E-state index contributed by atoms with van der Waals surface area (Å²) in [6.45, 7) is 0. The average Bonchev–Trinajstić information content (AvgIpc) is 3.22. The molecular formula is C25H29F2N5OS. The van der Waals surface area contributed by atoms with Crippen molar-refractivity contribution in [2.24, 2.45) is 10.7 Å². The van der Waals surface area contributed by atoms with Gasteiger partial charge < -0.3 is 11.1 Å². The van der Waals surface area contributed by atoms with Crippen LogP contribution < -0.4 is 11.1 Å². The number of amides is 1. The normalized spacial score (nSPS) is 27.4. The van der Waals surface area contributed by atoms with Crippen LogP contribution in [0.25, 0.3) is 11.2 Å². The molecule has 9 heteroatoms. The minimum atomic E-state index is -2.99. The van der Waals surface area contributed by atoms with Crippen LogP contribution in [0.3, 0.4) is 0 Å². The molecule has 0 spiro atoms. The molecule has 0 saturated heterocycles. The Balaban J connectivity index is 1.47. The van der Waals surface area contributed by atoms with Crippen LogP contribution in [0.4, 0.5) is 8.78 Å². The lowest BCUT2D eigenvalue weighted by Crippen LogP contribution is -2.50. The number of alkyl halides is 2. The zero-order valence-electron chi connectivity index (χ0n) is 18.9. The maximum atomic E-state index is 14.7. The highest BCUT2D eigenvalue weighted by atomic mass is 32.2. The van der Waals surface area contributed by atoms with Crippen molar-refractivity contribution in [2.75, 3.05) is 0 Å². The van der Waals surface area contributed by atoms with Crippen LogP contribution in [0.2, 0.25) is 0 Å². The monoisotopic (exact) mass is 485 g/mol. The van der Waals surface area contributed by atoms with E-state index in [1.54, 1.807) is 10.7 Å². The SMILES string of the molecule is NC1CCCC(F)(F)C(NC(=O)C2=NC(c3cnn4ccccc34)=CC(C3=CCCCC3)S2)C1. The zero-order chi connectivity index (χ0) is 23.7. The van der Waals surface area contributed by atoms with Crippen LogP contribution in [0, 0.1) is 0 Å². The van der Waals surface area contributed by atoms with Crippen molar-refractivity contribution in [3.63, 3.8) is 0 Å². The van der Waals surface area contributed by atoms with Gasteiger partial charge in [-0.25, -0.2) is 18.3 Å². The van der Waals surface area contributed by atoms with Gasteiger partial charge in [-0.1, -0.05) is 29.5 Å². The highest BCUT2D eigenvalue weighted by Gasteiger charge is 2.43. The van der Waals surface area contributed by atoms with Gasteiger partial charge in [0.05, 0.1) is 28.7 Å². The Kier molecular flexibility index (Phi) is 6.57. The minimum Gasteiger partial charge on any atom is -0.341 e. The van der Waals surface area contributed by atoms with E-state index in [4.69, 9.17) is 5.73 Å². The smallest absolute Gasteiger partial charge is 0.276 e. The number of rotatable bonds is 4. The highest BCUT2D eigenvalue weighted by molar-refractivity contribution is 8.16. The summed E-state index contributed by atoms with van der Waals surface area (Å²) in [6.07, 6.45) is 12.8. The second kappa shape index (κ2) is 9.62. The number of fused-ring (bicyclic) bond motifs is 1. The Labute approximate surface area is 201 Å². The molecule has 2 aromatic heterocycles. The van der Waals surface area contributed by atoms with E-state index < -0.39 is 17.9 Å². The number of hydrogen-bond acceptors (Lipinski definition) is 5. The van der Waals surface area contributed by atoms with Crippen molar-refractivity contribution in [1.29, 1.82) is 0 Å². The number of thioether (sulfide) groups is 1. The lowest BCUT2D eigenvalue weighted by atomic mass is 9.96. The van der Waals surface area contributed by atoms with Crippen LogP contribution in [-0.2, 0) is 4.79 Å². The molecular weight excluding hydrogens is 456 g/mol. The van der Waals surface area contributed by atoms with E-state index in [9.17, 15) is 13.6 Å². The number of hydrogen-bond donors (Lipinski definition) is 2. The fourth-order valence-corrected chi connectivity index (χ4v) is 6.03. The predicted molar refractivity (Wildman–Crippen MR) is 132 cm³/mol. The van der Waals surface area contributed by atoms with Crippen molar-refractivity contribution in [3.8, 4) is 0 Å². The summed E-state index contributed by atoms with van der Waals surface area (Å²) in [4.78, 5) is 17.9.